The quantitative estimate of drug-likeness (QED) is 0.804. The molecule has 4 rings (SSSR count). The van der Waals surface area contributed by atoms with E-state index in [1.807, 2.05) is 42.5 Å². The monoisotopic (exact) mass is 320 g/mol. The van der Waals surface area contributed by atoms with Crippen molar-refractivity contribution in [3.05, 3.63) is 71.9 Å². The lowest BCUT2D eigenvalue weighted by molar-refractivity contribution is 0.0236. The molecule has 1 saturated heterocycles. The molecule has 1 aromatic heterocycles. The van der Waals surface area contributed by atoms with Crippen molar-refractivity contribution in [3.63, 3.8) is 0 Å². The van der Waals surface area contributed by atoms with Crippen LogP contribution in [-0.2, 0) is 4.74 Å². The Bertz CT molecular complexity index is 829. The third-order valence-corrected chi connectivity index (χ3v) is 4.60. The van der Waals surface area contributed by atoms with Crippen molar-refractivity contribution >= 4 is 10.9 Å². The van der Waals surface area contributed by atoms with Crippen LogP contribution in [0.1, 0.15) is 17.2 Å². The molecule has 0 amide bonds. The van der Waals surface area contributed by atoms with Gasteiger partial charge >= 0.3 is 0 Å². The summed E-state index contributed by atoms with van der Waals surface area (Å²) >= 11 is 0. The Hall–Kier alpha value is -2.43. The Morgan fingerprint density at radius 3 is 2.54 bits per heavy atom. The Labute approximate surface area is 141 Å². The van der Waals surface area contributed by atoms with Gasteiger partial charge in [0, 0.05) is 30.2 Å². The molecule has 1 aliphatic heterocycles. The predicted octanol–water partition coefficient (Wildman–Crippen LogP) is 3.36. The second-order valence-electron chi connectivity index (χ2n) is 6.04. The number of aromatic nitrogens is 1. The second-order valence-corrected chi connectivity index (χ2v) is 6.04. The molecule has 0 unspecified atom stereocenters. The zero-order valence-electron chi connectivity index (χ0n) is 13.4. The summed E-state index contributed by atoms with van der Waals surface area (Å²) in [6.45, 7) is 3.13. The van der Waals surface area contributed by atoms with Gasteiger partial charge in [0.25, 0.3) is 0 Å². The summed E-state index contributed by atoms with van der Waals surface area (Å²) < 4.78 is 5.51. The van der Waals surface area contributed by atoms with Crippen LogP contribution in [0.3, 0.4) is 0 Å². The van der Waals surface area contributed by atoms with E-state index in [1.54, 1.807) is 6.20 Å². The third-order valence-electron chi connectivity index (χ3n) is 4.60. The van der Waals surface area contributed by atoms with Crippen molar-refractivity contribution in [3.8, 4) is 5.75 Å². The number of morpholine rings is 1. The Balaban J connectivity index is 1.85. The summed E-state index contributed by atoms with van der Waals surface area (Å²) in [6, 6.07) is 18.2. The lowest BCUT2D eigenvalue weighted by Crippen LogP contribution is -2.39. The summed E-state index contributed by atoms with van der Waals surface area (Å²) in [5.41, 5.74) is 2.73. The average Bonchev–Trinajstić information content (AvgIpc) is 2.66. The lowest BCUT2D eigenvalue weighted by atomic mass is 9.94. The number of aromatic hydroxyl groups is 1. The zero-order valence-corrected chi connectivity index (χ0v) is 13.4. The van der Waals surface area contributed by atoms with Crippen LogP contribution in [0.5, 0.6) is 5.75 Å². The first-order chi connectivity index (χ1) is 11.8. The van der Waals surface area contributed by atoms with Crippen molar-refractivity contribution in [2.45, 2.75) is 6.04 Å². The van der Waals surface area contributed by atoms with Crippen LogP contribution in [0.4, 0.5) is 0 Å². The molecule has 0 bridgehead atoms. The Morgan fingerprint density at radius 1 is 0.958 bits per heavy atom. The molecule has 0 saturated carbocycles. The molecule has 1 atom stereocenters. The zero-order chi connectivity index (χ0) is 16.4. The molecule has 1 aliphatic rings. The number of hydrogen-bond acceptors (Lipinski definition) is 4. The first-order valence-corrected chi connectivity index (χ1v) is 8.28. The molecule has 1 fully saturated rings. The highest BCUT2D eigenvalue weighted by atomic mass is 16.5. The number of ether oxygens (including phenoxy) is 1. The molecule has 4 nitrogen and oxygen atoms in total. The van der Waals surface area contributed by atoms with E-state index >= 15 is 0 Å². The maximum absolute atomic E-state index is 10.9. The molecule has 1 N–H and O–H groups in total. The molecule has 0 aliphatic carbocycles. The number of rotatable bonds is 3. The Morgan fingerprint density at radius 2 is 1.75 bits per heavy atom. The largest absolute Gasteiger partial charge is 0.505 e. The molecule has 2 aromatic carbocycles. The van der Waals surface area contributed by atoms with E-state index < -0.39 is 0 Å². The van der Waals surface area contributed by atoms with Crippen LogP contribution in [0.25, 0.3) is 10.9 Å². The molecule has 122 valence electrons. The highest BCUT2D eigenvalue weighted by molar-refractivity contribution is 5.85. The fourth-order valence-electron chi connectivity index (χ4n) is 3.42. The van der Waals surface area contributed by atoms with Crippen molar-refractivity contribution in [2.24, 2.45) is 0 Å². The van der Waals surface area contributed by atoms with Crippen molar-refractivity contribution in [1.29, 1.82) is 0 Å². The van der Waals surface area contributed by atoms with E-state index in [1.165, 1.54) is 5.56 Å². The standard InChI is InChI=1S/C20H20N2O2/c23-20-17(9-8-15-7-4-10-21-18(15)20)19(16-5-2-1-3-6-16)22-11-13-24-14-12-22/h1-10,19,23H,11-14H2/t19-/m0/s1. The lowest BCUT2D eigenvalue weighted by Gasteiger charge is -2.35. The van der Waals surface area contributed by atoms with E-state index in [0.29, 0.717) is 5.52 Å². The third kappa shape index (κ3) is 2.75. The van der Waals surface area contributed by atoms with Crippen molar-refractivity contribution in [2.75, 3.05) is 26.3 Å². The summed E-state index contributed by atoms with van der Waals surface area (Å²) in [5.74, 6) is 0.272. The van der Waals surface area contributed by atoms with Crippen molar-refractivity contribution < 1.29 is 9.84 Å². The van der Waals surface area contributed by atoms with E-state index in [4.69, 9.17) is 4.74 Å². The molecule has 24 heavy (non-hydrogen) atoms. The average molecular weight is 320 g/mol. The summed E-state index contributed by atoms with van der Waals surface area (Å²) in [6.07, 6.45) is 1.72. The number of benzene rings is 2. The van der Waals surface area contributed by atoms with Gasteiger partial charge in [0.1, 0.15) is 11.3 Å². The molecular formula is C20H20N2O2. The minimum absolute atomic E-state index is 0.00139. The molecule has 0 radical (unpaired) electrons. The van der Waals surface area contributed by atoms with Crippen LogP contribution >= 0.6 is 0 Å². The number of fused-ring (bicyclic) bond motifs is 1. The van der Waals surface area contributed by atoms with E-state index in [-0.39, 0.29) is 11.8 Å². The van der Waals surface area contributed by atoms with Gasteiger partial charge in [-0.05, 0) is 11.6 Å². The molecule has 3 aromatic rings. The van der Waals surface area contributed by atoms with Crippen LogP contribution < -0.4 is 0 Å². The molecular weight excluding hydrogens is 300 g/mol. The smallest absolute Gasteiger partial charge is 0.146 e. The van der Waals surface area contributed by atoms with Crippen LogP contribution in [0.15, 0.2) is 60.8 Å². The topological polar surface area (TPSA) is 45.6 Å². The number of phenolic OH excluding ortho intramolecular Hbond substituents is 1. The minimum atomic E-state index is 0.00139. The van der Waals surface area contributed by atoms with Crippen molar-refractivity contribution in [1.82, 2.24) is 9.88 Å². The van der Waals surface area contributed by atoms with Gasteiger partial charge in [-0.25, -0.2) is 0 Å². The number of pyridine rings is 1. The van der Waals surface area contributed by atoms with E-state index in [2.05, 4.69) is 22.0 Å². The first kappa shape index (κ1) is 15.1. The Kier molecular flexibility index (Phi) is 4.15. The fraction of sp³-hybridized carbons (Fsp3) is 0.250. The number of phenols is 1. The molecule has 2 heterocycles. The van der Waals surface area contributed by atoms with Gasteiger partial charge < -0.3 is 9.84 Å². The van der Waals surface area contributed by atoms with Gasteiger partial charge in [-0.1, -0.05) is 48.5 Å². The highest BCUT2D eigenvalue weighted by Crippen LogP contribution is 2.37. The van der Waals surface area contributed by atoms with Gasteiger partial charge in [-0.3, -0.25) is 9.88 Å². The van der Waals surface area contributed by atoms with E-state index in [0.717, 1.165) is 37.3 Å². The predicted molar refractivity (Wildman–Crippen MR) is 94.1 cm³/mol. The van der Waals surface area contributed by atoms with Crippen LogP contribution in [-0.4, -0.2) is 41.3 Å². The maximum Gasteiger partial charge on any atom is 0.146 e. The van der Waals surface area contributed by atoms with Gasteiger partial charge in [0.2, 0.25) is 0 Å². The summed E-state index contributed by atoms with van der Waals surface area (Å²) in [4.78, 5) is 6.73. The highest BCUT2D eigenvalue weighted by Gasteiger charge is 2.27. The van der Waals surface area contributed by atoms with Gasteiger partial charge in [0.15, 0.2) is 0 Å². The molecule has 0 spiro atoms. The SMILES string of the molecule is Oc1c([C@H](c2ccccc2)N2CCOCC2)ccc2cccnc12. The van der Waals surface area contributed by atoms with Gasteiger partial charge in [0.05, 0.1) is 19.3 Å². The van der Waals surface area contributed by atoms with Crippen LogP contribution in [0.2, 0.25) is 0 Å². The number of nitrogens with zero attached hydrogens (tertiary/aromatic N) is 2. The van der Waals surface area contributed by atoms with Gasteiger partial charge in [-0.2, -0.15) is 0 Å². The number of hydrogen-bond donors (Lipinski definition) is 1. The summed E-state index contributed by atoms with van der Waals surface area (Å²) in [7, 11) is 0. The van der Waals surface area contributed by atoms with E-state index in [9.17, 15) is 5.11 Å². The first-order valence-electron chi connectivity index (χ1n) is 8.28. The summed E-state index contributed by atoms with van der Waals surface area (Å²) in [5, 5.41) is 11.8. The minimum Gasteiger partial charge on any atom is -0.505 e. The fourth-order valence-corrected chi connectivity index (χ4v) is 3.42. The maximum atomic E-state index is 10.9. The van der Waals surface area contributed by atoms with Crippen LogP contribution in [0, 0.1) is 0 Å². The second kappa shape index (κ2) is 6.59. The molecule has 4 heteroatoms. The normalized spacial score (nSPS) is 17.0. The van der Waals surface area contributed by atoms with Gasteiger partial charge in [-0.15, -0.1) is 0 Å².